The maximum Gasteiger partial charge on any atom is 0.166 e. The van der Waals surface area contributed by atoms with Crippen LogP contribution in [-0.4, -0.2) is 65.2 Å². The summed E-state index contributed by atoms with van der Waals surface area (Å²) in [5.74, 6) is 0. The predicted octanol–water partition coefficient (Wildman–Crippen LogP) is -0.419. The largest absolute Gasteiger partial charge is 0.435 e. The second-order valence-corrected chi connectivity index (χ2v) is 3.28. The van der Waals surface area contributed by atoms with E-state index in [0.717, 1.165) is 0 Å². The summed E-state index contributed by atoms with van der Waals surface area (Å²) in [4.78, 5) is 8.19. The van der Waals surface area contributed by atoms with Crippen LogP contribution in [0.25, 0.3) is 0 Å². The second-order valence-electron chi connectivity index (χ2n) is 1.09. The number of rotatable bonds is 0. The molecular weight excluding hydrogens is 107 g/mol. The Hall–Kier alpha value is 1.81. The van der Waals surface area contributed by atoms with Crippen LogP contribution in [0, 0.1) is 0 Å². The summed E-state index contributed by atoms with van der Waals surface area (Å²) >= 11 is 0. The standard InChI is InChI=1S/C2H8OSi.K/c1-4(2)3;/h3-4H,1-2H3;. The monoisotopic (exact) mass is 115 g/mol. The van der Waals surface area contributed by atoms with Crippen LogP contribution in [-0.2, 0) is 0 Å². The zero-order chi connectivity index (χ0) is 3.58. The summed E-state index contributed by atoms with van der Waals surface area (Å²) in [5.41, 5.74) is 0. The normalized spacial score (nSPS) is 7.20. The van der Waals surface area contributed by atoms with E-state index in [-0.39, 0.29) is 51.4 Å². The van der Waals surface area contributed by atoms with Gasteiger partial charge < -0.3 is 4.80 Å². The number of hydrogen-bond acceptors (Lipinski definition) is 1. The fraction of sp³-hybridized carbons (Fsp3) is 1.00. The second kappa shape index (κ2) is 5.81. The first-order valence-corrected chi connectivity index (χ1v) is 4.24. The molecule has 0 aromatic carbocycles. The van der Waals surface area contributed by atoms with Crippen LogP contribution in [0.4, 0.5) is 0 Å². The quantitative estimate of drug-likeness (QED) is 0.425. The van der Waals surface area contributed by atoms with E-state index in [1.54, 1.807) is 0 Å². The Morgan fingerprint density at radius 1 is 1.40 bits per heavy atom. The third kappa shape index (κ3) is 25.7. The Kier molecular flexibility index (Phi) is 11.6. The Labute approximate surface area is 76.9 Å². The molecule has 0 aliphatic heterocycles. The molecule has 1 N–H and O–H groups in total. The van der Waals surface area contributed by atoms with Crippen LogP contribution in [0.1, 0.15) is 0 Å². The molecule has 0 saturated carbocycles. The molecule has 0 fully saturated rings. The van der Waals surface area contributed by atoms with Gasteiger partial charge in [-0.25, -0.2) is 0 Å². The summed E-state index contributed by atoms with van der Waals surface area (Å²) < 4.78 is 0. The minimum absolute atomic E-state index is 0. The minimum atomic E-state index is -1.14. The number of hydrogen-bond donors (Lipinski definition) is 1. The molecule has 0 saturated heterocycles. The molecule has 0 aromatic heterocycles. The third-order valence-corrected chi connectivity index (χ3v) is 0. The Morgan fingerprint density at radius 3 is 1.40 bits per heavy atom. The van der Waals surface area contributed by atoms with Crippen LogP contribution in [0.2, 0.25) is 13.1 Å². The topological polar surface area (TPSA) is 20.2 Å². The smallest absolute Gasteiger partial charge is 0.166 e. The average molecular weight is 115 g/mol. The molecule has 0 unspecified atom stereocenters. The molecule has 0 spiro atoms. The van der Waals surface area contributed by atoms with Gasteiger partial charge >= 0.3 is 0 Å². The summed E-state index contributed by atoms with van der Waals surface area (Å²) in [6, 6.07) is 0. The van der Waals surface area contributed by atoms with Gasteiger partial charge in [0.15, 0.2) is 9.04 Å². The van der Waals surface area contributed by atoms with E-state index in [2.05, 4.69) is 0 Å². The van der Waals surface area contributed by atoms with E-state index in [1.807, 2.05) is 13.1 Å². The molecule has 1 nitrogen and oxygen atoms in total. The third-order valence-electron chi connectivity index (χ3n) is 0. The molecule has 0 amide bonds. The van der Waals surface area contributed by atoms with Crippen LogP contribution in [0.3, 0.4) is 0 Å². The van der Waals surface area contributed by atoms with Crippen molar-refractivity contribution in [2.75, 3.05) is 0 Å². The van der Waals surface area contributed by atoms with Crippen molar-refractivity contribution in [1.29, 1.82) is 0 Å². The van der Waals surface area contributed by atoms with Gasteiger partial charge in [0, 0.05) is 51.4 Å². The molecule has 3 heteroatoms. The van der Waals surface area contributed by atoms with Crippen molar-refractivity contribution in [2.45, 2.75) is 13.1 Å². The van der Waals surface area contributed by atoms with Crippen LogP contribution >= 0.6 is 0 Å². The van der Waals surface area contributed by atoms with Crippen molar-refractivity contribution >= 4 is 60.4 Å². The maximum atomic E-state index is 8.19. The van der Waals surface area contributed by atoms with Gasteiger partial charge in [0.05, 0.1) is 0 Å². The van der Waals surface area contributed by atoms with Crippen molar-refractivity contribution in [1.82, 2.24) is 0 Å². The average Bonchev–Trinajstić information content (AvgIpc) is 0.811. The molecule has 0 aromatic rings. The molecule has 0 heterocycles. The van der Waals surface area contributed by atoms with E-state index in [9.17, 15) is 0 Å². The summed E-state index contributed by atoms with van der Waals surface area (Å²) in [7, 11) is -1.14. The predicted molar refractivity (Wildman–Crippen MR) is 26.8 cm³/mol. The van der Waals surface area contributed by atoms with E-state index in [0.29, 0.717) is 0 Å². The maximum absolute atomic E-state index is 8.19. The zero-order valence-electron chi connectivity index (χ0n) is 4.02. The van der Waals surface area contributed by atoms with Crippen molar-refractivity contribution in [3.05, 3.63) is 0 Å². The van der Waals surface area contributed by atoms with E-state index >= 15 is 0 Å². The van der Waals surface area contributed by atoms with Crippen LogP contribution in [0.5, 0.6) is 0 Å². The molecule has 1 radical (unpaired) electrons. The molecule has 0 aliphatic carbocycles. The molecule has 5 heavy (non-hydrogen) atoms. The van der Waals surface area contributed by atoms with Crippen molar-refractivity contribution in [3.63, 3.8) is 0 Å². The molecule has 0 aliphatic rings. The van der Waals surface area contributed by atoms with Gasteiger partial charge in [0.1, 0.15) is 0 Å². The summed E-state index contributed by atoms with van der Waals surface area (Å²) in [6.07, 6.45) is 0. The first-order chi connectivity index (χ1) is 1.73. The molecule has 0 rings (SSSR count). The summed E-state index contributed by atoms with van der Waals surface area (Å²) in [6.45, 7) is 3.72. The Morgan fingerprint density at radius 2 is 1.40 bits per heavy atom. The summed E-state index contributed by atoms with van der Waals surface area (Å²) in [5, 5.41) is 0. The fourth-order valence-corrected chi connectivity index (χ4v) is 0. The molecule has 0 atom stereocenters. The van der Waals surface area contributed by atoms with Gasteiger partial charge in [-0.05, 0) is 13.1 Å². The van der Waals surface area contributed by atoms with Gasteiger partial charge in [-0.1, -0.05) is 0 Å². The van der Waals surface area contributed by atoms with Gasteiger partial charge in [0.25, 0.3) is 0 Å². The SMILES string of the molecule is C[SiH](C)O.[K]. The van der Waals surface area contributed by atoms with Gasteiger partial charge in [-0.2, -0.15) is 0 Å². The fourth-order valence-electron chi connectivity index (χ4n) is 0. The van der Waals surface area contributed by atoms with Crippen molar-refractivity contribution < 1.29 is 4.80 Å². The van der Waals surface area contributed by atoms with E-state index in [4.69, 9.17) is 4.80 Å². The van der Waals surface area contributed by atoms with Crippen LogP contribution in [0.15, 0.2) is 0 Å². The molecule has 27 valence electrons. The molecule has 0 bridgehead atoms. The van der Waals surface area contributed by atoms with Gasteiger partial charge in [0.2, 0.25) is 0 Å². The van der Waals surface area contributed by atoms with E-state index < -0.39 is 9.04 Å². The molecular formula is C2H8KOSi. The van der Waals surface area contributed by atoms with Crippen molar-refractivity contribution in [3.8, 4) is 0 Å². The van der Waals surface area contributed by atoms with Gasteiger partial charge in [-0.3, -0.25) is 0 Å². The Balaban J connectivity index is 0. The Bertz CT molecular complexity index is 14.4. The zero-order valence-corrected chi connectivity index (χ0v) is 8.30. The van der Waals surface area contributed by atoms with Crippen molar-refractivity contribution in [2.24, 2.45) is 0 Å². The van der Waals surface area contributed by atoms with Gasteiger partial charge in [-0.15, -0.1) is 0 Å². The first-order valence-electron chi connectivity index (χ1n) is 1.41. The van der Waals surface area contributed by atoms with Crippen LogP contribution < -0.4 is 0 Å². The first kappa shape index (κ1) is 9.94. The van der Waals surface area contributed by atoms with E-state index in [1.165, 1.54) is 0 Å². The minimum Gasteiger partial charge on any atom is -0.435 e.